The number of hydrogen-bond acceptors (Lipinski definition) is 3. The van der Waals surface area contributed by atoms with Crippen LogP contribution in [-0.4, -0.2) is 15.2 Å². The largest absolute Gasteiger partial charge is 0.301 e. The van der Waals surface area contributed by atoms with Gasteiger partial charge in [0.05, 0.1) is 6.04 Å². The molecule has 0 saturated carbocycles. The Kier molecular flexibility index (Phi) is 2.83. The molecule has 2 unspecified atom stereocenters. The van der Waals surface area contributed by atoms with E-state index in [4.69, 9.17) is 0 Å². The van der Waals surface area contributed by atoms with E-state index in [1.165, 1.54) is 18.0 Å². The molecule has 0 amide bonds. The zero-order valence-electron chi connectivity index (χ0n) is 10.2. The highest BCUT2D eigenvalue weighted by Gasteiger charge is 2.24. The lowest BCUT2D eigenvalue weighted by atomic mass is 10.1. The lowest BCUT2D eigenvalue weighted by molar-refractivity contribution is 0.451. The summed E-state index contributed by atoms with van der Waals surface area (Å²) in [5.41, 5.74) is 2.31. The van der Waals surface area contributed by atoms with Crippen LogP contribution in [0.25, 0.3) is 0 Å². The Balaban J connectivity index is 1.77. The van der Waals surface area contributed by atoms with Crippen molar-refractivity contribution in [2.45, 2.75) is 31.8 Å². The van der Waals surface area contributed by atoms with Crippen LogP contribution in [0.5, 0.6) is 0 Å². The fourth-order valence-electron chi connectivity index (χ4n) is 2.56. The zero-order chi connectivity index (χ0) is 12.5. The molecule has 0 fully saturated rings. The first kappa shape index (κ1) is 11.3. The molecule has 1 aromatic carbocycles. The van der Waals surface area contributed by atoms with Crippen molar-refractivity contribution in [3.05, 3.63) is 47.3 Å². The quantitative estimate of drug-likeness (QED) is 0.873. The number of nitrogens with zero attached hydrogens (tertiary/aromatic N) is 2. The smallest absolute Gasteiger partial charge is 0.141 e. The normalized spacial score (nSPS) is 19.8. The maximum absolute atomic E-state index is 13.1. The van der Waals surface area contributed by atoms with Gasteiger partial charge in [-0.25, -0.2) is 9.37 Å². The minimum atomic E-state index is -0.155. The van der Waals surface area contributed by atoms with Crippen molar-refractivity contribution in [1.82, 2.24) is 20.5 Å². The maximum Gasteiger partial charge on any atom is 0.141 e. The standard InChI is InChI=1S/C13H15FN4/c1-8(13-15-7-16-18-13)17-12-5-2-9-6-10(14)3-4-11(9)12/h3-4,6-8,12,17H,2,5H2,1H3,(H,15,16,18). The van der Waals surface area contributed by atoms with E-state index in [2.05, 4.69) is 20.5 Å². The molecule has 4 nitrogen and oxygen atoms in total. The summed E-state index contributed by atoms with van der Waals surface area (Å²) in [6, 6.07) is 5.41. The van der Waals surface area contributed by atoms with Gasteiger partial charge in [-0.3, -0.25) is 5.10 Å². The second-order valence-electron chi connectivity index (χ2n) is 4.69. The van der Waals surface area contributed by atoms with E-state index >= 15 is 0 Å². The molecular formula is C13H15FN4. The first-order valence-electron chi connectivity index (χ1n) is 6.13. The molecule has 1 aliphatic rings. The molecule has 0 spiro atoms. The van der Waals surface area contributed by atoms with Crippen molar-refractivity contribution < 1.29 is 4.39 Å². The van der Waals surface area contributed by atoms with Crippen LogP contribution < -0.4 is 5.32 Å². The molecule has 0 aliphatic heterocycles. The number of aromatic nitrogens is 3. The van der Waals surface area contributed by atoms with Gasteiger partial charge in [0.15, 0.2) is 0 Å². The average molecular weight is 246 g/mol. The molecule has 1 heterocycles. The summed E-state index contributed by atoms with van der Waals surface area (Å²) in [5, 5.41) is 10.2. The van der Waals surface area contributed by atoms with E-state index in [-0.39, 0.29) is 17.9 Å². The summed E-state index contributed by atoms with van der Waals surface area (Å²) in [6.07, 6.45) is 3.43. The molecule has 0 radical (unpaired) electrons. The Bertz CT molecular complexity index is 538. The molecule has 1 aromatic heterocycles. The topological polar surface area (TPSA) is 53.6 Å². The van der Waals surface area contributed by atoms with E-state index in [9.17, 15) is 4.39 Å². The molecule has 5 heteroatoms. The van der Waals surface area contributed by atoms with Gasteiger partial charge in [0.25, 0.3) is 0 Å². The third kappa shape index (κ3) is 2.01. The van der Waals surface area contributed by atoms with E-state index in [1.807, 2.05) is 13.0 Å². The van der Waals surface area contributed by atoms with Gasteiger partial charge in [-0.2, -0.15) is 5.10 Å². The highest BCUT2D eigenvalue weighted by atomic mass is 19.1. The van der Waals surface area contributed by atoms with Crippen LogP contribution in [0.1, 0.15) is 42.4 Å². The number of rotatable bonds is 3. The molecule has 1 aliphatic carbocycles. The summed E-state index contributed by atoms with van der Waals surface area (Å²) < 4.78 is 13.1. The third-order valence-corrected chi connectivity index (χ3v) is 3.48. The second-order valence-corrected chi connectivity index (χ2v) is 4.69. The van der Waals surface area contributed by atoms with E-state index < -0.39 is 0 Å². The Hall–Kier alpha value is -1.75. The summed E-state index contributed by atoms with van der Waals surface area (Å²) in [7, 11) is 0. The van der Waals surface area contributed by atoms with Crippen LogP contribution in [0.4, 0.5) is 4.39 Å². The van der Waals surface area contributed by atoms with Crippen molar-refractivity contribution >= 4 is 0 Å². The molecule has 18 heavy (non-hydrogen) atoms. The summed E-state index contributed by atoms with van der Waals surface area (Å²) >= 11 is 0. The van der Waals surface area contributed by atoms with Crippen molar-refractivity contribution in [3.63, 3.8) is 0 Å². The van der Waals surface area contributed by atoms with Crippen LogP contribution in [-0.2, 0) is 6.42 Å². The van der Waals surface area contributed by atoms with Gasteiger partial charge in [-0.15, -0.1) is 0 Å². The Labute approximate surface area is 105 Å². The fourth-order valence-corrected chi connectivity index (χ4v) is 2.56. The average Bonchev–Trinajstić information content (AvgIpc) is 2.98. The summed E-state index contributed by atoms with van der Waals surface area (Å²) in [6.45, 7) is 2.04. The SMILES string of the molecule is CC(NC1CCc2cc(F)ccc21)c1ncn[nH]1. The number of hydrogen-bond donors (Lipinski definition) is 2. The van der Waals surface area contributed by atoms with Crippen LogP contribution in [0.15, 0.2) is 24.5 Å². The number of benzene rings is 1. The van der Waals surface area contributed by atoms with E-state index in [0.29, 0.717) is 0 Å². The van der Waals surface area contributed by atoms with Gasteiger partial charge in [0, 0.05) is 6.04 Å². The number of aryl methyl sites for hydroxylation is 1. The molecule has 0 bridgehead atoms. The van der Waals surface area contributed by atoms with Crippen molar-refractivity contribution in [3.8, 4) is 0 Å². The molecule has 2 atom stereocenters. The lowest BCUT2D eigenvalue weighted by Gasteiger charge is -2.18. The first-order chi connectivity index (χ1) is 8.74. The maximum atomic E-state index is 13.1. The fraction of sp³-hybridized carbons (Fsp3) is 0.385. The van der Waals surface area contributed by atoms with Crippen LogP contribution in [0.3, 0.4) is 0 Å². The Morgan fingerprint density at radius 3 is 3.17 bits per heavy atom. The minimum Gasteiger partial charge on any atom is -0.301 e. The van der Waals surface area contributed by atoms with Crippen molar-refractivity contribution in [2.24, 2.45) is 0 Å². The Morgan fingerprint density at radius 1 is 1.50 bits per heavy atom. The monoisotopic (exact) mass is 246 g/mol. The predicted octanol–water partition coefficient (Wildman–Crippen LogP) is 2.28. The van der Waals surface area contributed by atoms with Gasteiger partial charge < -0.3 is 5.32 Å². The number of H-pyrrole nitrogens is 1. The number of fused-ring (bicyclic) bond motifs is 1. The third-order valence-electron chi connectivity index (χ3n) is 3.48. The molecule has 94 valence electrons. The van der Waals surface area contributed by atoms with Crippen LogP contribution in [0.2, 0.25) is 0 Å². The highest BCUT2D eigenvalue weighted by molar-refractivity contribution is 5.35. The number of halogens is 1. The molecule has 2 aromatic rings. The van der Waals surface area contributed by atoms with Crippen molar-refractivity contribution in [2.75, 3.05) is 0 Å². The molecule has 2 N–H and O–H groups in total. The predicted molar refractivity (Wildman–Crippen MR) is 65.4 cm³/mol. The van der Waals surface area contributed by atoms with E-state index in [0.717, 1.165) is 24.2 Å². The van der Waals surface area contributed by atoms with Gasteiger partial charge >= 0.3 is 0 Å². The summed E-state index contributed by atoms with van der Waals surface area (Å²) in [5.74, 6) is 0.670. The molecular weight excluding hydrogens is 231 g/mol. The van der Waals surface area contributed by atoms with Gasteiger partial charge in [-0.1, -0.05) is 6.07 Å². The number of aromatic amines is 1. The zero-order valence-corrected chi connectivity index (χ0v) is 10.2. The lowest BCUT2D eigenvalue weighted by Crippen LogP contribution is -2.23. The second kappa shape index (κ2) is 4.49. The van der Waals surface area contributed by atoms with Gasteiger partial charge in [0.2, 0.25) is 0 Å². The highest BCUT2D eigenvalue weighted by Crippen LogP contribution is 2.32. The first-order valence-corrected chi connectivity index (χ1v) is 6.13. The molecule has 3 rings (SSSR count). The summed E-state index contributed by atoms with van der Waals surface area (Å²) in [4.78, 5) is 4.14. The number of nitrogens with one attached hydrogen (secondary N) is 2. The van der Waals surface area contributed by atoms with Crippen LogP contribution >= 0.6 is 0 Å². The van der Waals surface area contributed by atoms with Gasteiger partial charge in [0.1, 0.15) is 18.0 Å². The Morgan fingerprint density at radius 2 is 2.39 bits per heavy atom. The van der Waals surface area contributed by atoms with Crippen molar-refractivity contribution in [1.29, 1.82) is 0 Å². The molecule has 0 saturated heterocycles. The van der Waals surface area contributed by atoms with Gasteiger partial charge in [-0.05, 0) is 43.0 Å². The van der Waals surface area contributed by atoms with E-state index in [1.54, 1.807) is 6.07 Å². The van der Waals surface area contributed by atoms with Crippen LogP contribution in [0, 0.1) is 5.82 Å². The minimum absolute atomic E-state index is 0.105.